The number of nitriles is 1. The summed E-state index contributed by atoms with van der Waals surface area (Å²) in [6, 6.07) is 18.9. The summed E-state index contributed by atoms with van der Waals surface area (Å²) >= 11 is 0. The Bertz CT molecular complexity index is 1220. The van der Waals surface area contributed by atoms with Gasteiger partial charge in [0.15, 0.2) is 5.65 Å². The van der Waals surface area contributed by atoms with E-state index in [1.54, 1.807) is 4.68 Å². The van der Waals surface area contributed by atoms with Crippen LogP contribution in [0.3, 0.4) is 0 Å². The van der Waals surface area contributed by atoms with Crippen LogP contribution in [-0.4, -0.2) is 26.4 Å². The zero-order chi connectivity index (χ0) is 20.1. The number of H-pyrrole nitrogens is 1. The Hall–Kier alpha value is -4.12. The summed E-state index contributed by atoms with van der Waals surface area (Å²) in [7, 11) is 0. The number of hydrogen-bond acceptors (Lipinski definition) is 6. The van der Waals surface area contributed by atoms with Crippen molar-refractivity contribution < 1.29 is 4.74 Å². The summed E-state index contributed by atoms with van der Waals surface area (Å²) in [6.07, 6.45) is 2.63. The maximum atomic E-state index is 12.5. The first kappa shape index (κ1) is 18.3. The number of unbranched alkanes of at least 4 members (excludes halogenated alkanes) is 1. The number of benzene rings is 2. The van der Waals surface area contributed by atoms with Crippen LogP contribution < -0.4 is 15.6 Å². The summed E-state index contributed by atoms with van der Waals surface area (Å²) in [5, 5.41) is 16.4. The molecule has 0 fully saturated rings. The first-order chi connectivity index (χ1) is 14.2. The van der Waals surface area contributed by atoms with Crippen molar-refractivity contribution in [2.45, 2.75) is 12.8 Å². The Morgan fingerprint density at radius 2 is 2.03 bits per heavy atom. The Morgan fingerprint density at radius 1 is 1.17 bits per heavy atom. The first-order valence-corrected chi connectivity index (χ1v) is 9.15. The molecule has 0 saturated carbocycles. The fourth-order valence-electron chi connectivity index (χ4n) is 2.88. The fraction of sp³-hybridized carbons (Fsp3) is 0.143. The highest BCUT2D eigenvalue weighted by atomic mass is 16.5. The molecule has 0 aliphatic carbocycles. The Balaban J connectivity index is 1.60. The van der Waals surface area contributed by atoms with Gasteiger partial charge >= 0.3 is 0 Å². The Kier molecular flexibility index (Phi) is 5.21. The van der Waals surface area contributed by atoms with Crippen molar-refractivity contribution in [3.8, 4) is 17.5 Å². The molecular weight excluding hydrogens is 368 g/mol. The highest BCUT2D eigenvalue weighted by molar-refractivity contribution is 5.76. The summed E-state index contributed by atoms with van der Waals surface area (Å²) in [4.78, 5) is 19.7. The van der Waals surface area contributed by atoms with Gasteiger partial charge in [-0.3, -0.25) is 9.78 Å². The minimum absolute atomic E-state index is 0.274. The van der Waals surface area contributed by atoms with Gasteiger partial charge in [-0.05, 0) is 30.7 Å². The second-order valence-corrected chi connectivity index (χ2v) is 6.31. The fourth-order valence-corrected chi connectivity index (χ4v) is 2.88. The molecule has 2 N–H and O–H groups in total. The lowest BCUT2D eigenvalue weighted by atomic mass is 10.3. The highest BCUT2D eigenvalue weighted by Crippen LogP contribution is 2.21. The second-order valence-electron chi connectivity index (χ2n) is 6.31. The number of fused-ring (bicyclic) bond motifs is 1. The van der Waals surface area contributed by atoms with Gasteiger partial charge in [-0.1, -0.05) is 24.3 Å². The summed E-state index contributed by atoms with van der Waals surface area (Å²) in [5.41, 5.74) is 1.73. The molecule has 0 saturated heterocycles. The lowest BCUT2D eigenvalue weighted by Gasteiger charge is -2.09. The molecule has 8 nitrogen and oxygen atoms in total. The third-order valence-corrected chi connectivity index (χ3v) is 4.24. The smallest absolute Gasteiger partial charge is 0.263 e. The molecular formula is C21H18N6O2. The van der Waals surface area contributed by atoms with Crippen molar-refractivity contribution in [2.75, 3.05) is 11.9 Å². The lowest BCUT2D eigenvalue weighted by molar-refractivity contribution is 0.313. The molecule has 0 radical (unpaired) electrons. The first-order valence-electron chi connectivity index (χ1n) is 9.15. The zero-order valence-electron chi connectivity index (χ0n) is 15.5. The van der Waals surface area contributed by atoms with Crippen LogP contribution in [0.5, 0.6) is 5.75 Å². The molecule has 29 heavy (non-hydrogen) atoms. The van der Waals surface area contributed by atoms with Gasteiger partial charge in [0, 0.05) is 18.2 Å². The van der Waals surface area contributed by atoms with Gasteiger partial charge in [-0.15, -0.1) is 0 Å². The second kappa shape index (κ2) is 8.27. The molecule has 4 aromatic rings. The minimum Gasteiger partial charge on any atom is -0.493 e. The van der Waals surface area contributed by atoms with Gasteiger partial charge in [0.25, 0.3) is 5.56 Å². The average Bonchev–Trinajstić information content (AvgIpc) is 3.17. The van der Waals surface area contributed by atoms with E-state index in [0.29, 0.717) is 42.2 Å². The molecule has 2 heterocycles. The van der Waals surface area contributed by atoms with Gasteiger partial charge in [0.05, 0.1) is 24.6 Å². The predicted octanol–water partition coefficient (Wildman–Crippen LogP) is 3.53. The van der Waals surface area contributed by atoms with Crippen LogP contribution >= 0.6 is 0 Å². The van der Waals surface area contributed by atoms with Gasteiger partial charge in [-0.25, -0.2) is 4.68 Å². The average molecular weight is 386 g/mol. The molecule has 0 spiro atoms. The molecule has 8 heteroatoms. The van der Waals surface area contributed by atoms with E-state index in [0.717, 1.165) is 11.4 Å². The van der Waals surface area contributed by atoms with Gasteiger partial charge in [0.1, 0.15) is 11.1 Å². The van der Waals surface area contributed by atoms with Crippen LogP contribution in [-0.2, 0) is 0 Å². The molecule has 2 aromatic carbocycles. The van der Waals surface area contributed by atoms with Crippen molar-refractivity contribution >= 4 is 22.7 Å². The van der Waals surface area contributed by atoms with Crippen LogP contribution in [0.2, 0.25) is 0 Å². The maximum Gasteiger partial charge on any atom is 0.263 e. The van der Waals surface area contributed by atoms with Gasteiger partial charge < -0.3 is 10.1 Å². The number of ether oxygens (including phenoxy) is 1. The van der Waals surface area contributed by atoms with E-state index >= 15 is 0 Å². The van der Waals surface area contributed by atoms with Crippen LogP contribution in [0, 0.1) is 11.3 Å². The normalized spacial score (nSPS) is 10.6. The number of hydrogen-bond donors (Lipinski definition) is 2. The van der Waals surface area contributed by atoms with Crippen molar-refractivity contribution in [1.82, 2.24) is 19.7 Å². The summed E-state index contributed by atoms with van der Waals surface area (Å²) < 4.78 is 7.28. The molecule has 0 aliphatic rings. The minimum atomic E-state index is -0.274. The van der Waals surface area contributed by atoms with Crippen molar-refractivity contribution in [1.29, 1.82) is 5.26 Å². The van der Waals surface area contributed by atoms with E-state index in [1.807, 2.05) is 54.6 Å². The number of para-hydroxylation sites is 1. The number of nitrogens with zero attached hydrogens (tertiary/aromatic N) is 4. The predicted molar refractivity (Wildman–Crippen MR) is 110 cm³/mol. The number of nitrogens with one attached hydrogen (secondary N) is 2. The lowest BCUT2D eigenvalue weighted by Crippen LogP contribution is -2.11. The number of aromatic amines is 1. The molecule has 0 amide bonds. The van der Waals surface area contributed by atoms with Crippen LogP contribution in [0.25, 0.3) is 16.7 Å². The van der Waals surface area contributed by atoms with Gasteiger partial charge in [-0.2, -0.15) is 15.3 Å². The van der Waals surface area contributed by atoms with Crippen molar-refractivity contribution in [2.24, 2.45) is 0 Å². The number of rotatable bonds is 7. The Morgan fingerprint density at radius 3 is 2.86 bits per heavy atom. The monoisotopic (exact) mass is 386 g/mol. The van der Waals surface area contributed by atoms with Crippen LogP contribution in [0.4, 0.5) is 11.6 Å². The highest BCUT2D eigenvalue weighted by Gasteiger charge is 2.11. The standard InChI is InChI=1S/C21H18N6O2/c22-11-4-5-12-29-17-10-6-7-15(13-17)24-21-25-19-18(20(28)26-21)14-23-27(19)16-8-2-1-3-9-16/h1-3,6-10,13-14H,4-5,12H2,(H2,24,25,26,28). The molecule has 0 bridgehead atoms. The topological polar surface area (TPSA) is 109 Å². The summed E-state index contributed by atoms with van der Waals surface area (Å²) in [5.74, 6) is 0.979. The van der Waals surface area contributed by atoms with Crippen LogP contribution in [0.1, 0.15) is 12.8 Å². The summed E-state index contributed by atoms with van der Waals surface area (Å²) in [6.45, 7) is 0.467. The molecule has 144 valence electrons. The van der Waals surface area contributed by atoms with Crippen molar-refractivity contribution in [3.63, 3.8) is 0 Å². The molecule has 4 rings (SSSR count). The third-order valence-electron chi connectivity index (χ3n) is 4.24. The van der Waals surface area contributed by atoms with E-state index in [1.165, 1.54) is 6.20 Å². The number of aromatic nitrogens is 4. The number of anilines is 2. The van der Waals surface area contributed by atoms with E-state index in [4.69, 9.17) is 10.00 Å². The molecule has 2 aromatic heterocycles. The molecule has 0 aliphatic heterocycles. The zero-order valence-corrected chi connectivity index (χ0v) is 15.5. The molecule has 0 unspecified atom stereocenters. The van der Waals surface area contributed by atoms with Crippen molar-refractivity contribution in [3.05, 3.63) is 71.1 Å². The SMILES string of the molecule is N#CCCCOc1cccc(Nc2nc3c(cnn3-c3ccccc3)c(=O)[nH]2)c1. The van der Waals surface area contributed by atoms with E-state index in [-0.39, 0.29) is 5.56 Å². The van der Waals surface area contributed by atoms with Crippen LogP contribution in [0.15, 0.2) is 65.6 Å². The van der Waals surface area contributed by atoms with E-state index < -0.39 is 0 Å². The van der Waals surface area contributed by atoms with E-state index in [2.05, 4.69) is 26.5 Å². The molecule has 0 atom stereocenters. The van der Waals surface area contributed by atoms with E-state index in [9.17, 15) is 4.79 Å². The maximum absolute atomic E-state index is 12.5. The van der Waals surface area contributed by atoms with Gasteiger partial charge in [0.2, 0.25) is 5.95 Å². The third kappa shape index (κ3) is 4.09. The quantitative estimate of drug-likeness (QED) is 0.470. The largest absolute Gasteiger partial charge is 0.493 e. The Labute approximate surface area is 166 Å².